The molecule has 5 nitrogen and oxygen atoms in total. The van der Waals surface area contributed by atoms with Crippen LogP contribution in [0.15, 0.2) is 17.1 Å². The molecule has 2 heterocycles. The number of hydrogen-bond donors (Lipinski definition) is 1. The molecule has 5 heteroatoms. The predicted molar refractivity (Wildman–Crippen MR) is 81.6 cm³/mol. The molecule has 0 saturated carbocycles. The number of ether oxygens (including phenoxy) is 1. The van der Waals surface area contributed by atoms with Gasteiger partial charge in [0.25, 0.3) is 5.91 Å². The van der Waals surface area contributed by atoms with Crippen molar-refractivity contribution in [3.05, 3.63) is 33.7 Å². The van der Waals surface area contributed by atoms with Gasteiger partial charge >= 0.3 is 0 Å². The molecular formula is C16H24N2O3. The molecule has 1 fully saturated rings. The number of hydrogen-bond acceptors (Lipinski definition) is 3. The van der Waals surface area contributed by atoms with Crippen molar-refractivity contribution in [2.45, 2.75) is 45.1 Å². The number of nitrogens with zero attached hydrogens (tertiary/aromatic N) is 1. The van der Waals surface area contributed by atoms with Gasteiger partial charge in [0, 0.05) is 44.3 Å². The molecule has 1 atom stereocenters. The van der Waals surface area contributed by atoms with Crippen LogP contribution in [0.5, 0.6) is 0 Å². The smallest absolute Gasteiger partial charge is 0.259 e. The molecule has 0 unspecified atom stereocenters. The maximum Gasteiger partial charge on any atom is 0.259 e. The number of methoxy groups -OCH3 is 1. The fraction of sp³-hybridized carbons (Fsp3) is 0.625. The summed E-state index contributed by atoms with van der Waals surface area (Å²) in [5, 5.41) is 0. The SMILES string of the molecule is COCCC[C@H]1CCCCN1C(=O)c1c[nH]c(C)cc1=O. The number of carbonyl (C=O) groups is 1. The van der Waals surface area contributed by atoms with Crippen LogP contribution >= 0.6 is 0 Å². The summed E-state index contributed by atoms with van der Waals surface area (Å²) in [6.45, 7) is 3.26. The molecule has 1 aromatic rings. The molecule has 1 aromatic heterocycles. The van der Waals surface area contributed by atoms with Crippen LogP contribution in [-0.4, -0.2) is 42.1 Å². The molecular weight excluding hydrogens is 268 g/mol. The van der Waals surface area contributed by atoms with E-state index in [-0.39, 0.29) is 22.9 Å². The van der Waals surface area contributed by atoms with E-state index in [1.807, 2.05) is 11.8 Å². The highest BCUT2D eigenvalue weighted by molar-refractivity contribution is 5.94. The summed E-state index contributed by atoms with van der Waals surface area (Å²) < 4.78 is 5.09. The highest BCUT2D eigenvalue weighted by Crippen LogP contribution is 2.22. The predicted octanol–water partition coefficient (Wildman–Crippen LogP) is 2.10. The fourth-order valence-corrected chi connectivity index (χ4v) is 2.93. The number of piperidine rings is 1. The van der Waals surface area contributed by atoms with Crippen LogP contribution in [0.3, 0.4) is 0 Å². The maximum absolute atomic E-state index is 12.6. The molecule has 0 radical (unpaired) electrons. The molecule has 0 spiro atoms. The van der Waals surface area contributed by atoms with Gasteiger partial charge < -0.3 is 14.6 Å². The standard InChI is InChI=1S/C16H24N2O3/c1-12-10-15(19)14(11-17-12)16(20)18-8-4-3-6-13(18)7-5-9-21-2/h10-11,13H,3-9H2,1-2H3,(H,17,19)/t13-/m1/s1. The van der Waals surface area contributed by atoms with Crippen molar-refractivity contribution in [2.75, 3.05) is 20.3 Å². The van der Waals surface area contributed by atoms with Crippen molar-refractivity contribution in [3.8, 4) is 0 Å². The van der Waals surface area contributed by atoms with Crippen LogP contribution in [0.4, 0.5) is 0 Å². The first-order valence-electron chi connectivity index (χ1n) is 7.62. The number of amides is 1. The Kier molecular flexibility index (Phi) is 5.56. The lowest BCUT2D eigenvalue weighted by atomic mass is 9.97. The molecule has 0 bridgehead atoms. The van der Waals surface area contributed by atoms with E-state index in [0.717, 1.165) is 44.3 Å². The van der Waals surface area contributed by atoms with Gasteiger partial charge in [-0.3, -0.25) is 9.59 Å². The van der Waals surface area contributed by atoms with Crippen LogP contribution in [0.2, 0.25) is 0 Å². The van der Waals surface area contributed by atoms with Crippen molar-refractivity contribution in [2.24, 2.45) is 0 Å². The van der Waals surface area contributed by atoms with Crippen LogP contribution in [0, 0.1) is 6.92 Å². The zero-order valence-corrected chi connectivity index (χ0v) is 12.9. The van der Waals surface area contributed by atoms with Gasteiger partial charge in [0.05, 0.1) is 0 Å². The lowest BCUT2D eigenvalue weighted by Crippen LogP contribution is -2.45. The number of aryl methyl sites for hydroxylation is 1. The fourth-order valence-electron chi connectivity index (χ4n) is 2.93. The average Bonchev–Trinajstić information content (AvgIpc) is 2.47. The quantitative estimate of drug-likeness (QED) is 0.845. The minimum absolute atomic E-state index is 0.140. The summed E-state index contributed by atoms with van der Waals surface area (Å²) in [5.41, 5.74) is 0.823. The molecule has 1 amide bonds. The van der Waals surface area contributed by atoms with Crippen molar-refractivity contribution in [1.29, 1.82) is 0 Å². The van der Waals surface area contributed by atoms with Crippen molar-refractivity contribution < 1.29 is 9.53 Å². The second-order valence-corrected chi connectivity index (χ2v) is 5.68. The maximum atomic E-state index is 12.6. The Morgan fingerprint density at radius 1 is 1.48 bits per heavy atom. The summed E-state index contributed by atoms with van der Waals surface area (Å²) in [7, 11) is 1.69. The molecule has 1 saturated heterocycles. The second-order valence-electron chi connectivity index (χ2n) is 5.68. The lowest BCUT2D eigenvalue weighted by molar-refractivity contribution is 0.0583. The molecule has 2 rings (SSSR count). The van der Waals surface area contributed by atoms with E-state index < -0.39 is 0 Å². The van der Waals surface area contributed by atoms with Crippen molar-refractivity contribution >= 4 is 5.91 Å². The number of rotatable bonds is 5. The number of likely N-dealkylation sites (tertiary alicyclic amines) is 1. The van der Waals surface area contributed by atoms with E-state index in [0.29, 0.717) is 6.61 Å². The third-order valence-corrected chi connectivity index (χ3v) is 4.06. The third kappa shape index (κ3) is 3.94. The highest BCUT2D eigenvalue weighted by Gasteiger charge is 2.28. The van der Waals surface area contributed by atoms with Gasteiger partial charge in [-0.2, -0.15) is 0 Å². The van der Waals surface area contributed by atoms with Crippen molar-refractivity contribution in [3.63, 3.8) is 0 Å². The molecule has 0 aliphatic carbocycles. The Hall–Kier alpha value is -1.62. The Bertz CT molecular complexity index is 539. The van der Waals surface area contributed by atoms with Gasteiger partial charge in [0.2, 0.25) is 0 Å². The van der Waals surface area contributed by atoms with E-state index in [4.69, 9.17) is 4.74 Å². The molecule has 0 aromatic carbocycles. The van der Waals surface area contributed by atoms with Crippen LogP contribution in [0.1, 0.15) is 48.2 Å². The zero-order valence-electron chi connectivity index (χ0n) is 12.9. The topological polar surface area (TPSA) is 62.4 Å². The number of H-pyrrole nitrogens is 1. The van der Waals surface area contributed by atoms with E-state index >= 15 is 0 Å². The number of pyridine rings is 1. The van der Waals surface area contributed by atoms with Gasteiger partial charge in [-0.25, -0.2) is 0 Å². The van der Waals surface area contributed by atoms with Gasteiger partial charge in [-0.15, -0.1) is 0 Å². The first kappa shape index (κ1) is 15.8. The van der Waals surface area contributed by atoms with Crippen molar-refractivity contribution in [1.82, 2.24) is 9.88 Å². The summed E-state index contributed by atoms with van der Waals surface area (Å²) in [4.78, 5) is 29.5. The van der Waals surface area contributed by atoms with E-state index in [9.17, 15) is 9.59 Å². The summed E-state index contributed by atoms with van der Waals surface area (Å²) in [6.07, 6.45) is 6.58. The monoisotopic (exact) mass is 292 g/mol. The van der Waals surface area contributed by atoms with Gasteiger partial charge in [-0.1, -0.05) is 0 Å². The zero-order chi connectivity index (χ0) is 15.2. The van der Waals surface area contributed by atoms with E-state index in [2.05, 4.69) is 4.98 Å². The number of aromatic nitrogens is 1. The normalized spacial score (nSPS) is 18.8. The second kappa shape index (κ2) is 7.41. The minimum Gasteiger partial charge on any atom is -0.385 e. The van der Waals surface area contributed by atoms with E-state index in [1.54, 1.807) is 13.3 Å². The van der Waals surface area contributed by atoms with Gasteiger partial charge in [-0.05, 0) is 39.0 Å². The number of carbonyl (C=O) groups excluding carboxylic acids is 1. The first-order valence-corrected chi connectivity index (χ1v) is 7.62. The first-order chi connectivity index (χ1) is 10.1. The van der Waals surface area contributed by atoms with Gasteiger partial charge in [0.1, 0.15) is 5.56 Å². The Balaban J connectivity index is 2.12. The lowest BCUT2D eigenvalue weighted by Gasteiger charge is -2.35. The van der Waals surface area contributed by atoms with Gasteiger partial charge in [0.15, 0.2) is 5.43 Å². The Morgan fingerprint density at radius 2 is 2.29 bits per heavy atom. The largest absolute Gasteiger partial charge is 0.385 e. The molecule has 21 heavy (non-hydrogen) atoms. The number of nitrogens with one attached hydrogen (secondary N) is 1. The third-order valence-electron chi connectivity index (χ3n) is 4.06. The summed E-state index contributed by atoms with van der Waals surface area (Å²) >= 11 is 0. The van der Waals surface area contributed by atoms with Crippen LogP contribution in [0.25, 0.3) is 0 Å². The molecule has 1 aliphatic rings. The Morgan fingerprint density at radius 3 is 3.00 bits per heavy atom. The summed E-state index contributed by atoms with van der Waals surface area (Å²) in [6, 6.07) is 1.71. The molecule has 1 aliphatic heterocycles. The Labute approximate surface area is 125 Å². The summed E-state index contributed by atoms with van der Waals surface area (Å²) in [5.74, 6) is -0.140. The molecule has 1 N–H and O–H groups in total. The number of aromatic amines is 1. The highest BCUT2D eigenvalue weighted by atomic mass is 16.5. The minimum atomic E-state index is -0.197. The van der Waals surface area contributed by atoms with Crippen LogP contribution in [-0.2, 0) is 4.74 Å². The molecule has 116 valence electrons. The van der Waals surface area contributed by atoms with E-state index in [1.165, 1.54) is 6.07 Å². The van der Waals surface area contributed by atoms with Crippen LogP contribution < -0.4 is 5.43 Å². The average molecular weight is 292 g/mol.